The van der Waals surface area contributed by atoms with Crippen LogP contribution in [-0.4, -0.2) is 17.3 Å². The van der Waals surface area contributed by atoms with Crippen LogP contribution in [0.4, 0.5) is 0 Å². The van der Waals surface area contributed by atoms with Crippen LogP contribution in [0.2, 0.25) is 0 Å². The molecule has 0 aliphatic heterocycles. The van der Waals surface area contributed by atoms with E-state index in [0.29, 0.717) is 12.3 Å². The zero-order chi connectivity index (χ0) is 31.1. The lowest BCUT2D eigenvalue weighted by Crippen LogP contribution is -2.30. The van der Waals surface area contributed by atoms with Crippen molar-refractivity contribution in [3.05, 3.63) is 69.3 Å². The van der Waals surface area contributed by atoms with Crippen LogP contribution in [0, 0.1) is 38.5 Å². The van der Waals surface area contributed by atoms with E-state index in [-0.39, 0.29) is 35.6 Å². The second-order valence-corrected chi connectivity index (χ2v) is 12.0. The van der Waals surface area contributed by atoms with Crippen LogP contribution in [-0.2, 0) is 28.9 Å². The molecule has 0 saturated carbocycles. The van der Waals surface area contributed by atoms with E-state index < -0.39 is 0 Å². The molecule has 1 aliphatic rings. The molecule has 3 rings (SSSR count). The monoisotopic (exact) mass is 562 g/mol. The van der Waals surface area contributed by atoms with Crippen molar-refractivity contribution in [1.29, 1.82) is 0 Å². The van der Waals surface area contributed by atoms with Gasteiger partial charge < -0.3 is 0 Å². The largest absolute Gasteiger partial charge is 0.300 e. The van der Waals surface area contributed by atoms with E-state index in [2.05, 4.69) is 72.7 Å². The first-order valence-corrected chi connectivity index (χ1v) is 16.2. The van der Waals surface area contributed by atoms with Crippen LogP contribution in [0.5, 0.6) is 0 Å². The Kier molecular flexibility index (Phi) is 16.7. The number of rotatable bonds is 11. The molecule has 1 aliphatic carbocycles. The van der Waals surface area contributed by atoms with Crippen LogP contribution in [0.3, 0.4) is 0 Å². The molecular formula is C38H58O3. The molecule has 228 valence electrons. The summed E-state index contributed by atoms with van der Waals surface area (Å²) in [6.45, 7) is 20.7. The number of ketones is 3. The highest BCUT2D eigenvalue weighted by Crippen LogP contribution is 2.37. The molecule has 0 bridgehead atoms. The van der Waals surface area contributed by atoms with Crippen molar-refractivity contribution in [2.45, 2.75) is 133 Å². The number of benzene rings is 2. The van der Waals surface area contributed by atoms with Crippen molar-refractivity contribution in [1.82, 2.24) is 0 Å². The topological polar surface area (TPSA) is 51.2 Å². The van der Waals surface area contributed by atoms with E-state index in [1.54, 1.807) is 0 Å². The normalized spacial score (nSPS) is 15.5. The van der Waals surface area contributed by atoms with Crippen LogP contribution in [0.25, 0.3) is 0 Å². The molecule has 41 heavy (non-hydrogen) atoms. The number of carbonyl (C=O) groups is 3. The van der Waals surface area contributed by atoms with Crippen LogP contribution < -0.4 is 0 Å². The molecule has 0 amide bonds. The predicted molar refractivity (Wildman–Crippen MR) is 175 cm³/mol. The second-order valence-electron chi connectivity index (χ2n) is 12.0. The quantitative estimate of drug-likeness (QED) is 0.256. The van der Waals surface area contributed by atoms with Gasteiger partial charge in [-0.3, -0.25) is 14.4 Å². The lowest BCUT2D eigenvalue weighted by molar-refractivity contribution is -0.129. The number of aryl methyl sites for hydroxylation is 4. The number of fused-ring (bicyclic) bond motifs is 1. The van der Waals surface area contributed by atoms with Crippen LogP contribution in [0.1, 0.15) is 137 Å². The Labute approximate surface area is 251 Å². The molecule has 0 N–H and O–H groups in total. The minimum Gasteiger partial charge on any atom is -0.300 e. The Bertz CT molecular complexity index is 1100. The summed E-state index contributed by atoms with van der Waals surface area (Å²) in [7, 11) is 0. The number of hydrogen-bond donors (Lipinski definition) is 0. The van der Waals surface area contributed by atoms with E-state index >= 15 is 0 Å². The highest BCUT2D eigenvalue weighted by atomic mass is 16.1. The first-order valence-electron chi connectivity index (χ1n) is 16.2. The summed E-state index contributed by atoms with van der Waals surface area (Å²) >= 11 is 0. The van der Waals surface area contributed by atoms with Gasteiger partial charge in [0.1, 0.15) is 11.6 Å². The summed E-state index contributed by atoms with van der Waals surface area (Å²) in [5.74, 6) is 0.766. The Morgan fingerprint density at radius 1 is 0.854 bits per heavy atom. The fraction of sp³-hybridized carbons (Fsp3) is 0.605. The van der Waals surface area contributed by atoms with Gasteiger partial charge >= 0.3 is 0 Å². The highest BCUT2D eigenvalue weighted by molar-refractivity contribution is 6.00. The third-order valence-corrected chi connectivity index (χ3v) is 8.46. The van der Waals surface area contributed by atoms with Gasteiger partial charge in [-0.05, 0) is 105 Å². The maximum Gasteiger partial charge on any atom is 0.163 e. The van der Waals surface area contributed by atoms with E-state index in [1.807, 2.05) is 19.9 Å². The molecule has 0 fully saturated rings. The minimum absolute atomic E-state index is 0.0451. The van der Waals surface area contributed by atoms with Gasteiger partial charge in [0.05, 0.1) is 6.42 Å². The third kappa shape index (κ3) is 11.0. The summed E-state index contributed by atoms with van der Waals surface area (Å²) in [6.07, 6.45) is 8.76. The zero-order valence-corrected chi connectivity index (χ0v) is 27.9. The lowest BCUT2D eigenvalue weighted by Gasteiger charge is -2.32. The average Bonchev–Trinajstić information content (AvgIpc) is 2.91. The molecule has 3 atom stereocenters. The standard InChI is InChI=1S/C24H34O3.C11H16.C3H8/c1-6-8-19(20(7-2)22(26)11-17(5)25)12-18-13-21-15(3)9-10-16(4)24(21)23(27)14-18;1-4-10-7-6-8-11(5-2)9(10)3;1-3-2/h9-10,18-20H,6-8,11-14H2,1-5H3;6-8H,4-5H2,1-3H3;3H2,1-2H3. The van der Waals surface area contributed by atoms with Gasteiger partial charge in [0, 0.05) is 17.9 Å². The van der Waals surface area contributed by atoms with Crippen LogP contribution in [0.15, 0.2) is 30.3 Å². The fourth-order valence-corrected chi connectivity index (χ4v) is 6.40. The molecule has 0 spiro atoms. The van der Waals surface area contributed by atoms with Crippen LogP contribution >= 0.6 is 0 Å². The predicted octanol–water partition coefficient (Wildman–Crippen LogP) is 9.97. The number of hydrogen-bond acceptors (Lipinski definition) is 3. The maximum atomic E-state index is 12.8. The lowest BCUT2D eigenvalue weighted by atomic mass is 9.71. The summed E-state index contributed by atoms with van der Waals surface area (Å²) < 4.78 is 0. The van der Waals surface area contributed by atoms with E-state index in [1.165, 1.54) is 41.2 Å². The van der Waals surface area contributed by atoms with Crippen molar-refractivity contribution >= 4 is 17.3 Å². The van der Waals surface area contributed by atoms with E-state index in [0.717, 1.165) is 56.1 Å². The number of Topliss-reactive ketones (excluding diaryl/α,β-unsaturated/α-hetero) is 3. The first-order chi connectivity index (χ1) is 19.5. The maximum absolute atomic E-state index is 12.8. The molecule has 0 saturated heterocycles. The molecule has 3 unspecified atom stereocenters. The summed E-state index contributed by atoms with van der Waals surface area (Å²) in [6, 6.07) is 10.7. The van der Waals surface area contributed by atoms with Gasteiger partial charge in [0.25, 0.3) is 0 Å². The Morgan fingerprint density at radius 3 is 1.90 bits per heavy atom. The summed E-state index contributed by atoms with van der Waals surface area (Å²) in [4.78, 5) is 36.9. The molecule has 3 nitrogen and oxygen atoms in total. The molecular weight excluding hydrogens is 504 g/mol. The molecule has 0 radical (unpaired) electrons. The van der Waals surface area contributed by atoms with Crippen molar-refractivity contribution < 1.29 is 14.4 Å². The van der Waals surface area contributed by atoms with Gasteiger partial charge in [-0.25, -0.2) is 0 Å². The van der Waals surface area contributed by atoms with Crippen molar-refractivity contribution in [3.8, 4) is 0 Å². The number of carbonyl (C=O) groups excluding carboxylic acids is 3. The first kappa shape index (κ1) is 36.5. The highest BCUT2D eigenvalue weighted by Gasteiger charge is 2.33. The van der Waals surface area contributed by atoms with Gasteiger partial charge in [-0.1, -0.05) is 91.1 Å². The minimum atomic E-state index is -0.0658. The average molecular weight is 563 g/mol. The van der Waals surface area contributed by atoms with Gasteiger partial charge in [0.2, 0.25) is 0 Å². The second kappa shape index (κ2) is 18.8. The SMILES string of the molecule is CCC.CCCC(CC1CC(=O)c2c(C)ccc(C)c2C1)C(CC)C(=O)CC(C)=O.CCc1cccc(CC)c1C. The third-order valence-electron chi connectivity index (χ3n) is 8.46. The summed E-state index contributed by atoms with van der Waals surface area (Å²) in [5.41, 5.74) is 8.87. The zero-order valence-electron chi connectivity index (χ0n) is 27.9. The van der Waals surface area contributed by atoms with Gasteiger partial charge in [0.15, 0.2) is 5.78 Å². The van der Waals surface area contributed by atoms with E-state index in [9.17, 15) is 14.4 Å². The smallest absolute Gasteiger partial charge is 0.163 e. The van der Waals surface area contributed by atoms with Gasteiger partial charge in [-0.2, -0.15) is 0 Å². The Morgan fingerprint density at radius 2 is 1.41 bits per heavy atom. The van der Waals surface area contributed by atoms with E-state index in [4.69, 9.17) is 0 Å². The Hall–Kier alpha value is -2.55. The molecule has 0 aromatic heterocycles. The van der Waals surface area contributed by atoms with Gasteiger partial charge in [-0.15, -0.1) is 0 Å². The van der Waals surface area contributed by atoms with Crippen molar-refractivity contribution in [2.24, 2.45) is 17.8 Å². The van der Waals surface area contributed by atoms with Crippen molar-refractivity contribution in [3.63, 3.8) is 0 Å². The molecule has 3 heteroatoms. The van der Waals surface area contributed by atoms with Crippen molar-refractivity contribution in [2.75, 3.05) is 0 Å². The molecule has 2 aromatic rings. The Balaban J connectivity index is 0.000000496. The molecule has 0 heterocycles. The molecule has 2 aromatic carbocycles. The summed E-state index contributed by atoms with van der Waals surface area (Å²) in [5, 5.41) is 0. The fourth-order valence-electron chi connectivity index (χ4n) is 6.40.